The summed E-state index contributed by atoms with van der Waals surface area (Å²) < 4.78 is 11.1. The molecule has 2 atom stereocenters. The highest BCUT2D eigenvalue weighted by Gasteiger charge is 2.27. The molecule has 0 aliphatic carbocycles. The SMILES string of the molecule is C/C=C(\C)[P+](=O)C(O)CN. The molecule has 0 saturated carbocycles. The molecule has 0 aromatic rings. The monoisotopic (exact) mass is 162 g/mol. The van der Waals surface area contributed by atoms with Gasteiger partial charge < -0.3 is 10.8 Å². The Bertz CT molecular complexity index is 156. The van der Waals surface area contributed by atoms with E-state index in [1.54, 1.807) is 19.9 Å². The van der Waals surface area contributed by atoms with Crippen LogP contribution in [0, 0.1) is 0 Å². The molecular weight excluding hydrogens is 149 g/mol. The maximum absolute atomic E-state index is 11.1. The number of aliphatic hydroxyl groups excluding tert-OH is 1. The number of rotatable bonds is 3. The molecule has 0 rings (SSSR count). The number of aliphatic hydroxyl groups is 1. The fraction of sp³-hybridized carbons (Fsp3) is 0.667. The smallest absolute Gasteiger partial charge is 0.350 e. The summed E-state index contributed by atoms with van der Waals surface area (Å²) in [4.78, 5) is 0. The third kappa shape index (κ3) is 2.56. The lowest BCUT2D eigenvalue weighted by Crippen LogP contribution is -2.15. The Balaban J connectivity index is 4.08. The molecule has 4 heteroatoms. The van der Waals surface area contributed by atoms with Crippen LogP contribution in [0.1, 0.15) is 13.8 Å². The summed E-state index contributed by atoms with van der Waals surface area (Å²) in [6.45, 7) is 3.56. The second-order valence-corrected chi connectivity index (χ2v) is 3.93. The van der Waals surface area contributed by atoms with Crippen molar-refractivity contribution in [1.82, 2.24) is 0 Å². The van der Waals surface area contributed by atoms with E-state index in [1.807, 2.05) is 0 Å². The molecule has 0 bridgehead atoms. The Morgan fingerprint density at radius 2 is 2.40 bits per heavy atom. The van der Waals surface area contributed by atoms with Gasteiger partial charge >= 0.3 is 7.80 Å². The second kappa shape index (κ2) is 4.56. The predicted octanol–water partition coefficient (Wildman–Crippen LogP) is 1.01. The molecule has 10 heavy (non-hydrogen) atoms. The van der Waals surface area contributed by atoms with Gasteiger partial charge in [-0.25, -0.2) is 0 Å². The first-order valence-electron chi connectivity index (χ1n) is 3.11. The van der Waals surface area contributed by atoms with Crippen molar-refractivity contribution in [2.24, 2.45) is 5.73 Å². The van der Waals surface area contributed by atoms with Gasteiger partial charge in [-0.2, -0.15) is 0 Å². The first-order chi connectivity index (χ1) is 4.63. The maximum Gasteiger partial charge on any atom is 0.404 e. The molecule has 0 aromatic heterocycles. The predicted molar refractivity (Wildman–Crippen MR) is 42.1 cm³/mol. The van der Waals surface area contributed by atoms with Gasteiger partial charge in [0.15, 0.2) is 5.31 Å². The van der Waals surface area contributed by atoms with Gasteiger partial charge in [0.25, 0.3) is 5.85 Å². The van der Waals surface area contributed by atoms with E-state index in [1.165, 1.54) is 0 Å². The normalized spacial score (nSPS) is 16.8. The molecule has 0 spiro atoms. The molecule has 2 unspecified atom stereocenters. The Morgan fingerprint density at radius 1 is 1.90 bits per heavy atom. The van der Waals surface area contributed by atoms with Gasteiger partial charge in [0.2, 0.25) is 0 Å². The van der Waals surface area contributed by atoms with Crippen LogP contribution in [0.5, 0.6) is 0 Å². The van der Waals surface area contributed by atoms with Crippen molar-refractivity contribution in [3.8, 4) is 0 Å². The van der Waals surface area contributed by atoms with E-state index in [2.05, 4.69) is 0 Å². The van der Waals surface area contributed by atoms with Crippen LogP contribution < -0.4 is 5.73 Å². The van der Waals surface area contributed by atoms with Crippen LogP contribution in [0.25, 0.3) is 0 Å². The fourth-order valence-electron chi connectivity index (χ4n) is 0.458. The molecular formula is C6H13NO2P+. The standard InChI is InChI=1S/C6H13NO2P/c1-3-5(2)10(9)6(8)4-7/h3,6,8H,4,7H2,1-2H3/q+1/b5-3+. The average Bonchev–Trinajstić information content (AvgIpc) is 2.00. The molecule has 0 fully saturated rings. The van der Waals surface area contributed by atoms with Gasteiger partial charge in [-0.1, -0.05) is 4.57 Å². The minimum absolute atomic E-state index is 0.0559. The van der Waals surface area contributed by atoms with Crippen molar-refractivity contribution in [2.75, 3.05) is 6.54 Å². The van der Waals surface area contributed by atoms with E-state index in [-0.39, 0.29) is 6.54 Å². The highest BCUT2D eigenvalue weighted by atomic mass is 31.1. The molecule has 0 amide bonds. The van der Waals surface area contributed by atoms with E-state index >= 15 is 0 Å². The summed E-state index contributed by atoms with van der Waals surface area (Å²) in [5, 5.41) is 9.68. The van der Waals surface area contributed by atoms with Crippen LogP contribution in [0.3, 0.4) is 0 Å². The molecule has 0 aliphatic rings. The highest BCUT2D eigenvalue weighted by molar-refractivity contribution is 7.50. The summed E-state index contributed by atoms with van der Waals surface area (Å²) >= 11 is 0. The largest absolute Gasteiger partial charge is 0.404 e. The Hall–Kier alpha value is -0.240. The Labute approximate surface area is 61.7 Å². The summed E-state index contributed by atoms with van der Waals surface area (Å²) in [6, 6.07) is 0. The molecule has 0 heterocycles. The van der Waals surface area contributed by atoms with Crippen LogP contribution >= 0.6 is 7.80 Å². The quantitative estimate of drug-likeness (QED) is 0.609. The van der Waals surface area contributed by atoms with Gasteiger partial charge in [-0.05, 0) is 13.0 Å². The van der Waals surface area contributed by atoms with E-state index in [0.717, 1.165) is 0 Å². The number of allylic oxidation sites excluding steroid dienone is 2. The van der Waals surface area contributed by atoms with E-state index in [4.69, 9.17) is 10.8 Å². The zero-order chi connectivity index (χ0) is 8.15. The van der Waals surface area contributed by atoms with Crippen LogP contribution in [0.15, 0.2) is 11.4 Å². The lowest BCUT2D eigenvalue weighted by atomic mass is 10.6. The topological polar surface area (TPSA) is 63.3 Å². The van der Waals surface area contributed by atoms with Crippen molar-refractivity contribution in [3.05, 3.63) is 11.4 Å². The van der Waals surface area contributed by atoms with Gasteiger partial charge in [-0.15, -0.1) is 0 Å². The fourth-order valence-corrected chi connectivity index (χ4v) is 1.37. The van der Waals surface area contributed by atoms with Crippen molar-refractivity contribution in [1.29, 1.82) is 0 Å². The van der Waals surface area contributed by atoms with E-state index in [9.17, 15) is 4.57 Å². The summed E-state index contributed by atoms with van der Waals surface area (Å²) in [5.74, 6) is -0.883. The highest BCUT2D eigenvalue weighted by Crippen LogP contribution is 2.34. The number of hydrogen-bond donors (Lipinski definition) is 2. The summed E-state index contributed by atoms with van der Waals surface area (Å²) in [6.07, 6.45) is 1.72. The molecule has 0 aromatic carbocycles. The lowest BCUT2D eigenvalue weighted by molar-refractivity contribution is 0.260. The summed E-state index contributed by atoms with van der Waals surface area (Å²) in [7, 11) is -1.66. The molecule has 3 nitrogen and oxygen atoms in total. The third-order valence-electron chi connectivity index (χ3n) is 1.25. The number of nitrogens with two attached hydrogens (primary N) is 1. The zero-order valence-electron chi connectivity index (χ0n) is 6.24. The van der Waals surface area contributed by atoms with Crippen LogP contribution in [-0.4, -0.2) is 17.5 Å². The lowest BCUT2D eigenvalue weighted by Gasteiger charge is -1.92. The molecule has 0 saturated heterocycles. The van der Waals surface area contributed by atoms with E-state index in [0.29, 0.717) is 5.31 Å². The second-order valence-electron chi connectivity index (χ2n) is 1.97. The van der Waals surface area contributed by atoms with Crippen molar-refractivity contribution < 1.29 is 9.67 Å². The molecule has 0 aliphatic heterocycles. The average molecular weight is 162 g/mol. The van der Waals surface area contributed by atoms with Gasteiger partial charge in [0.1, 0.15) is 0 Å². The minimum atomic E-state index is -1.66. The third-order valence-corrected chi connectivity index (χ3v) is 2.95. The molecule has 0 radical (unpaired) electrons. The van der Waals surface area contributed by atoms with Crippen molar-refractivity contribution in [3.63, 3.8) is 0 Å². The van der Waals surface area contributed by atoms with Gasteiger partial charge in [0, 0.05) is 6.92 Å². The van der Waals surface area contributed by atoms with Gasteiger partial charge in [-0.3, -0.25) is 0 Å². The Morgan fingerprint density at radius 3 is 2.70 bits per heavy atom. The first kappa shape index (κ1) is 9.76. The molecule has 3 N–H and O–H groups in total. The minimum Gasteiger partial charge on any atom is -0.350 e. The van der Waals surface area contributed by atoms with E-state index < -0.39 is 13.6 Å². The van der Waals surface area contributed by atoms with Crippen LogP contribution in [0.4, 0.5) is 0 Å². The van der Waals surface area contributed by atoms with Crippen molar-refractivity contribution >= 4 is 7.80 Å². The zero-order valence-corrected chi connectivity index (χ0v) is 7.14. The molecule has 58 valence electrons. The summed E-state index contributed by atoms with van der Waals surface area (Å²) in [5.41, 5.74) is 5.10. The van der Waals surface area contributed by atoms with Gasteiger partial charge in [0.05, 0.1) is 6.54 Å². The van der Waals surface area contributed by atoms with Crippen LogP contribution in [0.2, 0.25) is 0 Å². The van der Waals surface area contributed by atoms with Crippen molar-refractivity contribution in [2.45, 2.75) is 19.7 Å². The Kier molecular flexibility index (Phi) is 4.45. The maximum atomic E-state index is 11.1. The number of hydrogen-bond acceptors (Lipinski definition) is 3. The first-order valence-corrected chi connectivity index (χ1v) is 4.43. The van der Waals surface area contributed by atoms with Crippen LogP contribution in [-0.2, 0) is 4.57 Å².